The van der Waals surface area contributed by atoms with Crippen molar-refractivity contribution in [1.29, 1.82) is 0 Å². The molecule has 0 bridgehead atoms. The van der Waals surface area contributed by atoms with Gasteiger partial charge in [0.05, 0.1) is 0 Å². The van der Waals surface area contributed by atoms with Crippen LogP contribution in [0.3, 0.4) is 0 Å². The maximum atomic E-state index is 10.5. The van der Waals surface area contributed by atoms with Crippen molar-refractivity contribution >= 4 is 7.37 Å². The van der Waals surface area contributed by atoms with Crippen molar-refractivity contribution in [3.8, 4) is 0 Å². The summed E-state index contributed by atoms with van der Waals surface area (Å²) in [5.41, 5.74) is 5.34. The van der Waals surface area contributed by atoms with Crippen molar-refractivity contribution in [1.82, 2.24) is 0 Å². The zero-order chi connectivity index (χ0) is 7.49. The number of hydrogen-bond acceptors (Lipinski definition) is 3. The van der Waals surface area contributed by atoms with E-state index in [1.807, 2.05) is 0 Å². The molecule has 2 N–H and O–H groups in total. The van der Waals surface area contributed by atoms with Gasteiger partial charge < -0.3 is 15.2 Å². The fraction of sp³-hybridized carbons (Fsp3) is 1.00. The van der Waals surface area contributed by atoms with Gasteiger partial charge in [0.15, 0.2) is 0 Å². The Morgan fingerprint density at radius 2 is 2.10 bits per heavy atom. The molecule has 0 aliphatic carbocycles. The van der Waals surface area contributed by atoms with E-state index in [9.17, 15) is 9.46 Å². The van der Waals surface area contributed by atoms with Crippen molar-refractivity contribution in [3.63, 3.8) is 0 Å². The number of hydrogen-bond donors (Lipinski definition) is 1. The first-order chi connectivity index (χ1) is 3.92. The Morgan fingerprint density at radius 3 is 2.20 bits per heavy atom. The van der Waals surface area contributed by atoms with Crippen molar-refractivity contribution in [2.24, 2.45) is 5.73 Å². The van der Waals surface area contributed by atoms with Crippen molar-refractivity contribution < 1.29 is 39.0 Å². The average Bonchev–Trinajstić information content (AvgIpc) is 1.59. The van der Waals surface area contributed by atoms with Gasteiger partial charge in [-0.3, -0.25) is 0 Å². The molecule has 56 valence electrons. The molecule has 0 aliphatic rings. The summed E-state index contributed by atoms with van der Waals surface area (Å²) >= 11 is 0. The monoisotopic (exact) mass is 173 g/mol. The largest absolute Gasteiger partial charge is 1.00 e. The molecule has 0 heterocycles. The van der Waals surface area contributed by atoms with Crippen LogP contribution in [0.4, 0.5) is 0 Å². The van der Waals surface area contributed by atoms with Crippen molar-refractivity contribution in [2.75, 3.05) is 12.8 Å². The van der Waals surface area contributed by atoms with E-state index in [-0.39, 0.29) is 41.8 Å². The Bertz CT molecular complexity index is 123. The van der Waals surface area contributed by atoms with E-state index in [0.717, 1.165) is 0 Å². The minimum atomic E-state index is -3.05. The third kappa shape index (κ3) is 11.9. The molecule has 2 atom stereocenters. The molecule has 1 unspecified atom stereocenters. The molecule has 0 rings (SSSR count). The molecule has 3 nitrogen and oxygen atoms in total. The Kier molecular flexibility index (Phi) is 7.90. The molecule has 0 aromatic heterocycles. The van der Waals surface area contributed by atoms with Gasteiger partial charge in [-0.05, 0) is 26.2 Å². The molecule has 10 heavy (non-hydrogen) atoms. The molecule has 0 fully saturated rings. The number of nitrogens with two attached hydrogens (primary N) is 1. The minimum Gasteiger partial charge on any atom is -0.799 e. The van der Waals surface area contributed by atoms with Crippen LogP contribution in [0.15, 0.2) is 0 Å². The van der Waals surface area contributed by atoms with Crippen LogP contribution in [0.1, 0.15) is 13.3 Å². The zero-order valence-corrected chi connectivity index (χ0v) is 9.73. The van der Waals surface area contributed by atoms with Gasteiger partial charge in [0.25, 0.3) is 0 Å². The zero-order valence-electron chi connectivity index (χ0n) is 6.83. The van der Waals surface area contributed by atoms with Gasteiger partial charge in [0.2, 0.25) is 0 Å². The first kappa shape index (κ1) is 13.7. The van der Waals surface area contributed by atoms with Crippen LogP contribution in [-0.4, -0.2) is 18.9 Å². The van der Waals surface area contributed by atoms with Gasteiger partial charge in [-0.2, -0.15) is 0 Å². The van der Waals surface area contributed by atoms with Crippen LogP contribution in [0, 0.1) is 0 Å². The summed E-state index contributed by atoms with van der Waals surface area (Å²) in [7, 11) is -3.05. The predicted molar refractivity (Wildman–Crippen MR) is 36.7 cm³/mol. The van der Waals surface area contributed by atoms with Gasteiger partial charge in [0, 0.05) is 13.4 Å². The molecular weight excluding hydrogens is 160 g/mol. The first-order valence-electron chi connectivity index (χ1n) is 2.95. The van der Waals surface area contributed by atoms with Crippen LogP contribution in [0.25, 0.3) is 0 Å². The van der Waals surface area contributed by atoms with E-state index in [4.69, 9.17) is 5.73 Å². The van der Waals surface area contributed by atoms with E-state index in [1.54, 1.807) is 6.92 Å². The minimum absolute atomic E-state index is 0. The van der Waals surface area contributed by atoms with Crippen molar-refractivity contribution in [2.45, 2.75) is 19.4 Å². The molecule has 0 aliphatic heterocycles. The summed E-state index contributed by atoms with van der Waals surface area (Å²) < 4.78 is 10.5. The summed E-state index contributed by atoms with van der Waals surface area (Å²) in [4.78, 5) is 10.5. The Hall–Kier alpha value is 1.15. The van der Waals surface area contributed by atoms with E-state index in [1.165, 1.54) is 6.66 Å². The smallest absolute Gasteiger partial charge is 0.799 e. The second-order valence-electron chi connectivity index (χ2n) is 2.50. The average molecular weight is 173 g/mol. The first-order valence-corrected chi connectivity index (χ1v) is 5.20. The third-order valence-electron chi connectivity index (χ3n) is 0.991. The standard InChI is InChI=1S/C5H14NO2P.Na/c1-5(6)3-4-9(2,7)8;/h5H,3-4,6H2,1-2H3,(H,7,8);/q;+1/p-1/t5-;/m1./s1. The fourth-order valence-electron chi connectivity index (χ4n) is 0.438. The van der Waals surface area contributed by atoms with E-state index in [2.05, 4.69) is 0 Å². The summed E-state index contributed by atoms with van der Waals surface area (Å²) in [5.74, 6) is 0. The molecule has 0 radical (unpaired) electrons. The summed E-state index contributed by atoms with van der Waals surface area (Å²) in [6, 6.07) is -0.00720. The Morgan fingerprint density at radius 1 is 1.70 bits per heavy atom. The molecule has 0 aromatic carbocycles. The van der Waals surface area contributed by atoms with Crippen LogP contribution >= 0.6 is 7.37 Å². The Balaban J connectivity index is 0. The fourth-order valence-corrected chi connectivity index (χ4v) is 1.31. The Labute approximate surface area is 84.1 Å². The van der Waals surface area contributed by atoms with E-state index in [0.29, 0.717) is 6.42 Å². The SMILES string of the molecule is C[C@@H](N)CCP(C)(=O)[O-].[Na+]. The number of rotatable bonds is 3. The second kappa shape index (κ2) is 5.76. The van der Waals surface area contributed by atoms with Crippen LogP contribution in [0.5, 0.6) is 0 Å². The van der Waals surface area contributed by atoms with Crippen LogP contribution in [-0.2, 0) is 4.57 Å². The van der Waals surface area contributed by atoms with Gasteiger partial charge in [-0.15, -0.1) is 0 Å². The predicted octanol–water partition coefficient (Wildman–Crippen LogP) is -3.00. The molecule has 0 spiro atoms. The van der Waals surface area contributed by atoms with E-state index >= 15 is 0 Å². The van der Waals surface area contributed by atoms with Gasteiger partial charge in [0.1, 0.15) is 0 Å². The van der Waals surface area contributed by atoms with Gasteiger partial charge in [-0.1, -0.05) is 0 Å². The molecule has 0 amide bonds. The van der Waals surface area contributed by atoms with Crippen molar-refractivity contribution in [3.05, 3.63) is 0 Å². The van der Waals surface area contributed by atoms with Gasteiger partial charge >= 0.3 is 29.6 Å². The summed E-state index contributed by atoms with van der Waals surface area (Å²) in [6.45, 7) is 3.05. The van der Waals surface area contributed by atoms with E-state index < -0.39 is 7.37 Å². The maximum Gasteiger partial charge on any atom is 1.00 e. The summed E-state index contributed by atoms with van der Waals surface area (Å²) in [6.07, 6.45) is 0.794. The van der Waals surface area contributed by atoms with Crippen LogP contribution in [0.2, 0.25) is 0 Å². The molecule has 0 saturated carbocycles. The topological polar surface area (TPSA) is 66.2 Å². The maximum absolute atomic E-state index is 10.5. The third-order valence-corrected chi connectivity index (χ3v) is 2.06. The van der Waals surface area contributed by atoms with Gasteiger partial charge in [-0.25, -0.2) is 0 Å². The second-order valence-corrected chi connectivity index (χ2v) is 4.98. The quantitative estimate of drug-likeness (QED) is 0.365. The molecule has 5 heteroatoms. The normalized spacial score (nSPS) is 18.8. The van der Waals surface area contributed by atoms with Crippen LogP contribution < -0.4 is 40.2 Å². The molecule has 0 saturated heterocycles. The molecule has 0 aromatic rings. The summed E-state index contributed by atoms with van der Waals surface area (Å²) in [5, 5.41) is 0. The molecular formula is C5H13NNaO2P.